The van der Waals surface area contributed by atoms with Gasteiger partial charge in [-0.3, -0.25) is 9.69 Å². The molecule has 0 fully saturated rings. The second-order valence-electron chi connectivity index (χ2n) is 6.32. The molecular weight excluding hydrogens is 344 g/mol. The van der Waals surface area contributed by atoms with Gasteiger partial charge in [-0.05, 0) is 38.6 Å². The molecule has 0 unspecified atom stereocenters. The third kappa shape index (κ3) is 4.53. The van der Waals surface area contributed by atoms with Crippen molar-refractivity contribution in [2.45, 2.75) is 26.4 Å². The predicted molar refractivity (Wildman–Crippen MR) is 105 cm³/mol. The van der Waals surface area contributed by atoms with Crippen LogP contribution in [0, 0.1) is 6.92 Å². The third-order valence-electron chi connectivity index (χ3n) is 4.30. The van der Waals surface area contributed by atoms with E-state index in [0.717, 1.165) is 16.3 Å². The fourth-order valence-corrected chi connectivity index (χ4v) is 3.37. The Morgan fingerprint density at radius 1 is 1.12 bits per heavy atom. The zero-order chi connectivity index (χ0) is 18.5. The molecule has 2 aromatic carbocycles. The Morgan fingerprint density at radius 2 is 1.81 bits per heavy atom. The topological polar surface area (TPSA) is 58.1 Å². The van der Waals surface area contributed by atoms with E-state index in [1.807, 2.05) is 56.4 Å². The number of hydrogen-bond acceptors (Lipinski definition) is 5. The first-order valence-corrected chi connectivity index (χ1v) is 9.30. The van der Waals surface area contributed by atoms with Crippen LogP contribution in [0.4, 0.5) is 5.69 Å². The van der Waals surface area contributed by atoms with Crippen molar-refractivity contribution in [1.82, 2.24) is 15.1 Å². The zero-order valence-electron chi connectivity index (χ0n) is 15.1. The number of benzene rings is 2. The molecule has 1 atom stereocenters. The molecule has 0 bridgehead atoms. The molecule has 0 radical (unpaired) electrons. The lowest BCUT2D eigenvalue weighted by Gasteiger charge is -2.23. The van der Waals surface area contributed by atoms with Crippen LogP contribution in [0.25, 0.3) is 0 Å². The minimum Gasteiger partial charge on any atom is -0.320 e. The van der Waals surface area contributed by atoms with Crippen LogP contribution in [0.2, 0.25) is 0 Å². The summed E-state index contributed by atoms with van der Waals surface area (Å²) in [6.07, 6.45) is 0. The molecule has 0 spiro atoms. The van der Waals surface area contributed by atoms with E-state index in [4.69, 9.17) is 0 Å². The molecule has 0 aliphatic rings. The number of hydrogen-bond donors (Lipinski definition) is 1. The van der Waals surface area contributed by atoms with Gasteiger partial charge in [-0.1, -0.05) is 59.4 Å². The summed E-state index contributed by atoms with van der Waals surface area (Å²) in [6, 6.07) is 18.3. The quantitative estimate of drug-likeness (QED) is 0.707. The van der Waals surface area contributed by atoms with Crippen molar-refractivity contribution in [2.24, 2.45) is 0 Å². The van der Waals surface area contributed by atoms with Crippen LogP contribution in [0.15, 0.2) is 54.6 Å². The maximum Gasteiger partial charge on any atom is 0.286 e. The van der Waals surface area contributed by atoms with E-state index in [0.29, 0.717) is 11.6 Å². The van der Waals surface area contributed by atoms with Gasteiger partial charge in [0.15, 0.2) is 0 Å². The van der Waals surface area contributed by atoms with Crippen molar-refractivity contribution in [2.75, 3.05) is 12.4 Å². The van der Waals surface area contributed by atoms with Crippen LogP contribution >= 0.6 is 11.3 Å². The van der Waals surface area contributed by atoms with E-state index in [1.165, 1.54) is 16.9 Å². The van der Waals surface area contributed by atoms with Gasteiger partial charge in [-0.25, -0.2) is 0 Å². The van der Waals surface area contributed by atoms with E-state index in [1.54, 1.807) is 0 Å². The van der Waals surface area contributed by atoms with Gasteiger partial charge in [0.1, 0.15) is 5.01 Å². The summed E-state index contributed by atoms with van der Waals surface area (Å²) in [5.41, 5.74) is 3.15. The average Bonchev–Trinajstić information content (AvgIpc) is 3.12. The Balaban J connectivity index is 1.62. The Labute approximate surface area is 157 Å². The maximum atomic E-state index is 12.3. The van der Waals surface area contributed by atoms with E-state index in [9.17, 15) is 4.79 Å². The number of carbonyl (C=O) groups excluding carboxylic acids is 1. The molecule has 5 nitrogen and oxygen atoms in total. The molecule has 3 rings (SSSR count). The number of amides is 1. The third-order valence-corrected chi connectivity index (χ3v) is 5.21. The second-order valence-corrected chi connectivity index (χ2v) is 7.38. The molecule has 0 aliphatic carbocycles. The van der Waals surface area contributed by atoms with Crippen molar-refractivity contribution in [3.05, 3.63) is 75.7 Å². The fourth-order valence-electron chi connectivity index (χ4n) is 2.57. The monoisotopic (exact) mass is 366 g/mol. The van der Waals surface area contributed by atoms with Crippen molar-refractivity contribution in [3.8, 4) is 0 Å². The van der Waals surface area contributed by atoms with Crippen LogP contribution in [-0.4, -0.2) is 28.1 Å². The molecule has 1 amide bonds. The summed E-state index contributed by atoms with van der Waals surface area (Å²) in [5.74, 6) is -0.226. The standard InChI is InChI=1S/C20H22N4OS/c1-14-9-11-17(12-10-14)21-19(25)20-23-22-18(26-20)13-24(3)15(2)16-7-5-4-6-8-16/h4-12,15H,13H2,1-3H3,(H,21,25)/t15-/m0/s1. The number of nitrogens with one attached hydrogen (secondary N) is 1. The van der Waals surface area contributed by atoms with E-state index in [-0.39, 0.29) is 11.9 Å². The molecule has 1 N–H and O–H groups in total. The highest BCUT2D eigenvalue weighted by atomic mass is 32.1. The number of anilines is 1. The molecule has 134 valence electrons. The van der Waals surface area contributed by atoms with Gasteiger partial charge in [0.2, 0.25) is 5.01 Å². The fraction of sp³-hybridized carbons (Fsp3) is 0.250. The normalized spacial score (nSPS) is 12.2. The summed E-state index contributed by atoms with van der Waals surface area (Å²) in [5, 5.41) is 12.3. The summed E-state index contributed by atoms with van der Waals surface area (Å²) in [4.78, 5) is 14.5. The van der Waals surface area contributed by atoms with E-state index >= 15 is 0 Å². The van der Waals surface area contributed by atoms with Gasteiger partial charge in [-0.15, -0.1) is 10.2 Å². The average molecular weight is 366 g/mol. The van der Waals surface area contributed by atoms with Gasteiger partial charge >= 0.3 is 0 Å². The molecule has 0 saturated heterocycles. The van der Waals surface area contributed by atoms with Gasteiger partial charge in [-0.2, -0.15) is 0 Å². The minimum absolute atomic E-state index is 0.226. The largest absolute Gasteiger partial charge is 0.320 e. The highest BCUT2D eigenvalue weighted by molar-refractivity contribution is 7.13. The molecule has 1 heterocycles. The number of aryl methyl sites for hydroxylation is 1. The molecule has 6 heteroatoms. The summed E-state index contributed by atoms with van der Waals surface area (Å²) in [7, 11) is 2.05. The van der Waals surface area contributed by atoms with Crippen LogP contribution in [0.3, 0.4) is 0 Å². The number of nitrogens with zero attached hydrogens (tertiary/aromatic N) is 3. The first-order chi connectivity index (χ1) is 12.5. The Hall–Kier alpha value is -2.57. The minimum atomic E-state index is -0.226. The Bertz CT molecular complexity index is 861. The second kappa shape index (κ2) is 8.21. The van der Waals surface area contributed by atoms with E-state index in [2.05, 4.69) is 39.5 Å². The molecule has 3 aromatic rings. The number of rotatable bonds is 6. The summed E-state index contributed by atoms with van der Waals surface area (Å²) in [6.45, 7) is 4.81. The summed E-state index contributed by atoms with van der Waals surface area (Å²) >= 11 is 1.33. The maximum absolute atomic E-state index is 12.3. The Morgan fingerprint density at radius 3 is 2.50 bits per heavy atom. The first-order valence-electron chi connectivity index (χ1n) is 8.48. The van der Waals surface area contributed by atoms with E-state index < -0.39 is 0 Å². The smallest absolute Gasteiger partial charge is 0.286 e. The van der Waals surface area contributed by atoms with Gasteiger partial charge in [0, 0.05) is 11.7 Å². The van der Waals surface area contributed by atoms with Crippen LogP contribution in [0.1, 0.15) is 38.9 Å². The zero-order valence-corrected chi connectivity index (χ0v) is 16.0. The lowest BCUT2D eigenvalue weighted by molar-refractivity contribution is 0.102. The van der Waals surface area contributed by atoms with Crippen LogP contribution < -0.4 is 5.32 Å². The van der Waals surface area contributed by atoms with Crippen molar-refractivity contribution < 1.29 is 4.79 Å². The SMILES string of the molecule is Cc1ccc(NC(=O)c2nnc(CN(C)[C@@H](C)c3ccccc3)s2)cc1. The molecular formula is C20H22N4OS. The lowest BCUT2D eigenvalue weighted by Crippen LogP contribution is -2.21. The van der Waals surface area contributed by atoms with Crippen molar-refractivity contribution in [3.63, 3.8) is 0 Å². The summed E-state index contributed by atoms with van der Waals surface area (Å²) < 4.78 is 0. The highest BCUT2D eigenvalue weighted by Crippen LogP contribution is 2.22. The highest BCUT2D eigenvalue weighted by Gasteiger charge is 2.17. The van der Waals surface area contributed by atoms with Gasteiger partial charge < -0.3 is 5.32 Å². The van der Waals surface area contributed by atoms with Crippen molar-refractivity contribution >= 4 is 22.9 Å². The lowest BCUT2D eigenvalue weighted by atomic mass is 10.1. The molecule has 26 heavy (non-hydrogen) atoms. The number of carbonyl (C=O) groups is 1. The van der Waals surface area contributed by atoms with Crippen LogP contribution in [-0.2, 0) is 6.54 Å². The molecule has 0 aliphatic heterocycles. The van der Waals surface area contributed by atoms with Gasteiger partial charge in [0.25, 0.3) is 5.91 Å². The molecule has 0 saturated carbocycles. The Kier molecular flexibility index (Phi) is 5.75. The predicted octanol–water partition coefficient (Wildman–Crippen LogP) is 4.29. The van der Waals surface area contributed by atoms with Crippen LogP contribution in [0.5, 0.6) is 0 Å². The first kappa shape index (κ1) is 18.2. The van der Waals surface area contributed by atoms with Crippen molar-refractivity contribution in [1.29, 1.82) is 0 Å². The van der Waals surface area contributed by atoms with Gasteiger partial charge in [0.05, 0.1) is 6.54 Å². The molecule has 1 aromatic heterocycles. The number of aromatic nitrogens is 2.